The van der Waals surface area contributed by atoms with Crippen molar-refractivity contribution >= 4 is 17.5 Å². The van der Waals surface area contributed by atoms with Crippen molar-refractivity contribution in [2.75, 3.05) is 13.7 Å². The quantitative estimate of drug-likeness (QED) is 0.893. The maximum Gasteiger partial charge on any atom is 0.251 e. The smallest absolute Gasteiger partial charge is 0.251 e. The van der Waals surface area contributed by atoms with Gasteiger partial charge in [0, 0.05) is 17.6 Å². The highest BCUT2D eigenvalue weighted by atomic mass is 35.5. The Morgan fingerprint density at radius 1 is 1.29 bits per heavy atom. The lowest BCUT2D eigenvalue weighted by Crippen LogP contribution is -2.17. The predicted molar refractivity (Wildman–Crippen MR) is 81.7 cm³/mol. The summed E-state index contributed by atoms with van der Waals surface area (Å²) in [5.74, 6) is 0.350. The van der Waals surface area contributed by atoms with Crippen molar-refractivity contribution in [3.8, 4) is 5.75 Å². The highest BCUT2D eigenvalue weighted by Gasteiger charge is 2.09. The SMILES string of the molecule is CNC(=O)c1cccc(OCC(O)c2ccc(Cl)cc2)c1. The van der Waals surface area contributed by atoms with Gasteiger partial charge in [-0.05, 0) is 35.9 Å². The minimum atomic E-state index is -0.758. The molecule has 2 aromatic rings. The summed E-state index contributed by atoms with van der Waals surface area (Å²) in [5.41, 5.74) is 1.23. The molecule has 1 unspecified atom stereocenters. The molecule has 4 nitrogen and oxygen atoms in total. The van der Waals surface area contributed by atoms with E-state index in [2.05, 4.69) is 5.32 Å². The molecule has 0 saturated carbocycles. The fourth-order valence-corrected chi connectivity index (χ4v) is 1.95. The zero-order valence-corrected chi connectivity index (χ0v) is 12.3. The first-order valence-electron chi connectivity index (χ1n) is 6.48. The maximum atomic E-state index is 11.5. The molecule has 0 radical (unpaired) electrons. The number of hydrogen-bond donors (Lipinski definition) is 2. The maximum absolute atomic E-state index is 11.5. The molecule has 2 aromatic carbocycles. The molecule has 1 atom stereocenters. The molecule has 21 heavy (non-hydrogen) atoms. The van der Waals surface area contributed by atoms with Crippen molar-refractivity contribution in [1.82, 2.24) is 5.32 Å². The molecule has 1 amide bonds. The van der Waals surface area contributed by atoms with Gasteiger partial charge in [0.15, 0.2) is 0 Å². The number of hydrogen-bond acceptors (Lipinski definition) is 3. The second-order valence-electron chi connectivity index (χ2n) is 4.49. The standard InChI is InChI=1S/C16H16ClNO3/c1-18-16(20)12-3-2-4-14(9-12)21-10-15(19)11-5-7-13(17)8-6-11/h2-9,15,19H,10H2,1H3,(H,18,20). The van der Waals surface area contributed by atoms with E-state index in [-0.39, 0.29) is 12.5 Å². The minimum Gasteiger partial charge on any atom is -0.491 e. The van der Waals surface area contributed by atoms with Gasteiger partial charge in [-0.15, -0.1) is 0 Å². The minimum absolute atomic E-state index is 0.0961. The van der Waals surface area contributed by atoms with Crippen LogP contribution in [-0.2, 0) is 0 Å². The Bertz CT molecular complexity index is 613. The van der Waals surface area contributed by atoms with Crippen LogP contribution in [0.3, 0.4) is 0 Å². The first-order valence-corrected chi connectivity index (χ1v) is 6.86. The van der Waals surface area contributed by atoms with Crippen LogP contribution >= 0.6 is 11.6 Å². The van der Waals surface area contributed by atoms with Crippen LogP contribution in [0.2, 0.25) is 5.02 Å². The van der Waals surface area contributed by atoms with Crippen LogP contribution in [0.4, 0.5) is 0 Å². The van der Waals surface area contributed by atoms with E-state index in [1.165, 1.54) is 0 Å². The zero-order valence-electron chi connectivity index (χ0n) is 11.5. The summed E-state index contributed by atoms with van der Waals surface area (Å²) >= 11 is 5.80. The molecular formula is C16H16ClNO3. The highest BCUT2D eigenvalue weighted by molar-refractivity contribution is 6.30. The summed E-state index contributed by atoms with van der Waals surface area (Å²) in [6.07, 6.45) is -0.758. The summed E-state index contributed by atoms with van der Waals surface area (Å²) in [6, 6.07) is 13.7. The van der Waals surface area contributed by atoms with E-state index in [4.69, 9.17) is 16.3 Å². The van der Waals surface area contributed by atoms with Gasteiger partial charge in [0.2, 0.25) is 0 Å². The summed E-state index contributed by atoms with van der Waals surface area (Å²) in [4.78, 5) is 11.5. The van der Waals surface area contributed by atoms with Gasteiger partial charge in [-0.1, -0.05) is 29.8 Å². The van der Waals surface area contributed by atoms with E-state index < -0.39 is 6.10 Å². The van der Waals surface area contributed by atoms with Gasteiger partial charge in [0.25, 0.3) is 5.91 Å². The van der Waals surface area contributed by atoms with E-state index in [9.17, 15) is 9.90 Å². The van der Waals surface area contributed by atoms with E-state index in [1.54, 1.807) is 55.6 Å². The fraction of sp³-hybridized carbons (Fsp3) is 0.188. The topological polar surface area (TPSA) is 58.6 Å². The Balaban J connectivity index is 1.99. The fourth-order valence-electron chi connectivity index (χ4n) is 1.83. The molecule has 0 aliphatic carbocycles. The van der Waals surface area contributed by atoms with Gasteiger partial charge >= 0.3 is 0 Å². The van der Waals surface area contributed by atoms with Crippen molar-refractivity contribution in [2.45, 2.75) is 6.10 Å². The molecule has 110 valence electrons. The first kappa shape index (κ1) is 15.4. The first-order chi connectivity index (χ1) is 10.1. The van der Waals surface area contributed by atoms with Gasteiger partial charge in [-0.25, -0.2) is 0 Å². The summed E-state index contributed by atoms with van der Waals surface area (Å²) < 4.78 is 5.52. The van der Waals surface area contributed by atoms with Crippen molar-refractivity contribution < 1.29 is 14.6 Å². The van der Waals surface area contributed by atoms with Gasteiger partial charge in [0.1, 0.15) is 18.5 Å². The van der Waals surface area contributed by atoms with Gasteiger partial charge in [-0.2, -0.15) is 0 Å². The summed E-state index contributed by atoms with van der Waals surface area (Å²) in [6.45, 7) is 0.0961. The molecule has 0 spiro atoms. The number of rotatable bonds is 5. The normalized spacial score (nSPS) is 11.8. The van der Waals surface area contributed by atoms with Gasteiger partial charge in [0.05, 0.1) is 0 Å². The zero-order chi connectivity index (χ0) is 15.2. The van der Waals surface area contributed by atoms with Crippen LogP contribution in [0, 0.1) is 0 Å². The lowest BCUT2D eigenvalue weighted by Gasteiger charge is -2.13. The molecule has 0 heterocycles. The van der Waals surface area contributed by atoms with Gasteiger partial charge < -0.3 is 15.2 Å². The number of aliphatic hydroxyl groups excluding tert-OH is 1. The third-order valence-electron chi connectivity index (χ3n) is 2.99. The lowest BCUT2D eigenvalue weighted by atomic mass is 10.1. The Morgan fingerprint density at radius 2 is 2.00 bits per heavy atom. The van der Waals surface area contributed by atoms with Crippen LogP contribution in [-0.4, -0.2) is 24.7 Å². The van der Waals surface area contributed by atoms with Crippen LogP contribution in [0.15, 0.2) is 48.5 Å². The van der Waals surface area contributed by atoms with E-state index in [1.807, 2.05) is 0 Å². The monoisotopic (exact) mass is 305 g/mol. The van der Waals surface area contributed by atoms with Crippen LogP contribution in [0.1, 0.15) is 22.0 Å². The van der Waals surface area contributed by atoms with E-state index in [0.717, 1.165) is 5.56 Å². The predicted octanol–water partition coefficient (Wildman–Crippen LogP) is 2.81. The molecule has 2 N–H and O–H groups in total. The third-order valence-corrected chi connectivity index (χ3v) is 3.24. The molecule has 0 aromatic heterocycles. The second kappa shape index (κ2) is 7.11. The third kappa shape index (κ3) is 4.21. The number of amides is 1. The molecule has 5 heteroatoms. The van der Waals surface area contributed by atoms with Crippen molar-refractivity contribution in [1.29, 1.82) is 0 Å². The van der Waals surface area contributed by atoms with Crippen LogP contribution < -0.4 is 10.1 Å². The Morgan fingerprint density at radius 3 is 2.67 bits per heavy atom. The summed E-state index contributed by atoms with van der Waals surface area (Å²) in [5, 5.41) is 13.2. The lowest BCUT2D eigenvalue weighted by molar-refractivity contribution is 0.0961. The van der Waals surface area contributed by atoms with Gasteiger partial charge in [-0.3, -0.25) is 4.79 Å². The number of nitrogens with one attached hydrogen (secondary N) is 1. The van der Waals surface area contributed by atoms with Crippen molar-refractivity contribution in [3.05, 3.63) is 64.7 Å². The Kier molecular flexibility index (Phi) is 5.20. The molecular weight excluding hydrogens is 290 g/mol. The molecule has 0 fully saturated rings. The van der Waals surface area contributed by atoms with Crippen molar-refractivity contribution in [2.24, 2.45) is 0 Å². The number of carbonyl (C=O) groups excluding carboxylic acids is 1. The number of carbonyl (C=O) groups is 1. The summed E-state index contributed by atoms with van der Waals surface area (Å²) in [7, 11) is 1.57. The van der Waals surface area contributed by atoms with Crippen LogP contribution in [0.25, 0.3) is 0 Å². The average Bonchev–Trinajstić information content (AvgIpc) is 2.52. The highest BCUT2D eigenvalue weighted by Crippen LogP contribution is 2.19. The number of aliphatic hydroxyl groups is 1. The molecule has 0 aliphatic heterocycles. The average molecular weight is 306 g/mol. The Labute approximate surface area is 128 Å². The number of ether oxygens (including phenoxy) is 1. The van der Waals surface area contributed by atoms with Crippen LogP contribution in [0.5, 0.6) is 5.75 Å². The number of halogens is 1. The largest absolute Gasteiger partial charge is 0.491 e. The van der Waals surface area contributed by atoms with E-state index >= 15 is 0 Å². The molecule has 2 rings (SSSR count). The molecule has 0 saturated heterocycles. The van der Waals surface area contributed by atoms with Crippen molar-refractivity contribution in [3.63, 3.8) is 0 Å². The molecule has 0 bridgehead atoms. The number of benzene rings is 2. The molecule has 0 aliphatic rings. The Hall–Kier alpha value is -2.04. The van der Waals surface area contributed by atoms with E-state index in [0.29, 0.717) is 16.3 Å². The second-order valence-corrected chi connectivity index (χ2v) is 4.92.